The Labute approximate surface area is 163 Å². The van der Waals surface area contributed by atoms with Crippen LogP contribution in [0, 0.1) is 5.82 Å². The molecule has 0 aromatic heterocycles. The van der Waals surface area contributed by atoms with Crippen LogP contribution < -0.4 is 21.3 Å². The Hall–Kier alpha value is -2.68. The summed E-state index contributed by atoms with van der Waals surface area (Å²) in [6, 6.07) is 3.69. The molecule has 1 unspecified atom stereocenters. The average molecular weight is 391 g/mol. The molecule has 9 heteroatoms. The van der Waals surface area contributed by atoms with Gasteiger partial charge < -0.3 is 21.3 Å². The van der Waals surface area contributed by atoms with Crippen molar-refractivity contribution in [2.45, 2.75) is 31.7 Å². The summed E-state index contributed by atoms with van der Waals surface area (Å²) < 4.78 is 14.5. The van der Waals surface area contributed by atoms with Crippen LogP contribution >= 0.6 is 0 Å². The highest BCUT2D eigenvalue weighted by Crippen LogP contribution is 2.25. The number of urea groups is 1. The van der Waals surface area contributed by atoms with Crippen molar-refractivity contribution in [1.82, 2.24) is 15.5 Å². The molecule has 4 N–H and O–H groups in total. The minimum atomic E-state index is -0.621. The lowest BCUT2D eigenvalue weighted by Crippen LogP contribution is -2.49. The second-order valence-corrected chi connectivity index (χ2v) is 7.04. The van der Waals surface area contributed by atoms with E-state index in [0.29, 0.717) is 31.9 Å². The first kappa shape index (κ1) is 20.1. The molecule has 8 nitrogen and oxygen atoms in total. The third-order valence-electron chi connectivity index (χ3n) is 5.14. The Morgan fingerprint density at radius 1 is 1.29 bits per heavy atom. The van der Waals surface area contributed by atoms with Crippen molar-refractivity contribution in [2.24, 2.45) is 5.73 Å². The Morgan fingerprint density at radius 2 is 2.11 bits per heavy atom. The highest BCUT2D eigenvalue weighted by molar-refractivity contribution is 5.98. The Bertz CT molecular complexity index is 757. The molecule has 1 atom stereocenters. The van der Waals surface area contributed by atoms with E-state index in [-0.39, 0.29) is 36.5 Å². The highest BCUT2D eigenvalue weighted by Gasteiger charge is 2.30. The number of hydrogen-bond acceptors (Lipinski definition) is 4. The molecule has 0 aliphatic carbocycles. The third-order valence-corrected chi connectivity index (χ3v) is 5.14. The van der Waals surface area contributed by atoms with Gasteiger partial charge in [-0.3, -0.25) is 14.5 Å². The van der Waals surface area contributed by atoms with Crippen molar-refractivity contribution in [3.63, 3.8) is 0 Å². The molecule has 4 amide bonds. The quantitative estimate of drug-likeness (QED) is 0.667. The van der Waals surface area contributed by atoms with Gasteiger partial charge in [-0.1, -0.05) is 0 Å². The van der Waals surface area contributed by atoms with Gasteiger partial charge in [0.1, 0.15) is 5.82 Å². The number of nitrogens with zero attached hydrogens (tertiary/aromatic N) is 2. The maximum absolute atomic E-state index is 14.5. The molecule has 1 aromatic rings. The first-order valence-electron chi connectivity index (χ1n) is 9.64. The summed E-state index contributed by atoms with van der Waals surface area (Å²) in [5.41, 5.74) is 5.81. The van der Waals surface area contributed by atoms with Gasteiger partial charge in [-0.05, 0) is 37.5 Å². The van der Waals surface area contributed by atoms with Crippen LogP contribution in [0.15, 0.2) is 18.2 Å². The maximum atomic E-state index is 14.5. The molecular weight excluding hydrogens is 365 g/mol. The predicted octanol–water partition coefficient (Wildman–Crippen LogP) is 0.815. The molecule has 2 aliphatic rings. The predicted molar refractivity (Wildman–Crippen MR) is 103 cm³/mol. The van der Waals surface area contributed by atoms with Gasteiger partial charge in [-0.2, -0.15) is 0 Å². The van der Waals surface area contributed by atoms with Gasteiger partial charge in [-0.25, -0.2) is 9.18 Å². The topological polar surface area (TPSA) is 108 Å². The lowest BCUT2D eigenvalue weighted by Gasteiger charge is -2.36. The first-order chi connectivity index (χ1) is 13.5. The van der Waals surface area contributed by atoms with Crippen LogP contribution in [0.4, 0.5) is 14.9 Å². The first-order valence-corrected chi connectivity index (χ1v) is 9.64. The number of nitrogens with one attached hydrogen (secondary N) is 2. The van der Waals surface area contributed by atoms with E-state index >= 15 is 0 Å². The molecule has 3 rings (SSSR count). The molecule has 0 bridgehead atoms. The molecule has 152 valence electrons. The van der Waals surface area contributed by atoms with Crippen LogP contribution in [0.3, 0.4) is 0 Å². The zero-order chi connectivity index (χ0) is 20.1. The molecule has 0 radical (unpaired) electrons. The molecule has 28 heavy (non-hydrogen) atoms. The number of halogens is 1. The fourth-order valence-electron chi connectivity index (χ4n) is 3.65. The van der Waals surface area contributed by atoms with Crippen LogP contribution in [0.2, 0.25) is 0 Å². The van der Waals surface area contributed by atoms with Gasteiger partial charge in [0.05, 0.1) is 5.56 Å². The van der Waals surface area contributed by atoms with E-state index < -0.39 is 11.7 Å². The lowest BCUT2D eigenvalue weighted by molar-refractivity contribution is -0.121. The van der Waals surface area contributed by atoms with E-state index in [1.54, 1.807) is 4.90 Å². The molecule has 1 aromatic carbocycles. The molecular formula is C19H26FN5O3. The van der Waals surface area contributed by atoms with Gasteiger partial charge in [0.25, 0.3) is 5.91 Å². The van der Waals surface area contributed by atoms with Crippen LogP contribution in [0.5, 0.6) is 0 Å². The summed E-state index contributed by atoms with van der Waals surface area (Å²) in [5.74, 6) is -1.20. The number of carbonyl (C=O) groups is 3. The fraction of sp³-hybridized carbons (Fsp3) is 0.526. The number of anilines is 1. The zero-order valence-corrected chi connectivity index (χ0v) is 15.7. The molecule has 2 saturated heterocycles. The Morgan fingerprint density at radius 3 is 2.82 bits per heavy atom. The Kier molecular flexibility index (Phi) is 6.45. The summed E-state index contributed by atoms with van der Waals surface area (Å²) in [6.07, 6.45) is 2.74. The van der Waals surface area contributed by atoms with Crippen molar-refractivity contribution in [3.05, 3.63) is 29.6 Å². The number of hydrogen-bond donors (Lipinski definition) is 3. The smallest absolute Gasteiger partial charge is 0.321 e. The van der Waals surface area contributed by atoms with Gasteiger partial charge in [0.15, 0.2) is 0 Å². The molecule has 2 fully saturated rings. The SMILES string of the molecule is NCCC(=O)NCC1CCCCN1C(=O)c1cc(N2CCNC2=O)ccc1F. The number of carbonyl (C=O) groups excluding carboxylic acids is 3. The summed E-state index contributed by atoms with van der Waals surface area (Å²) in [5, 5.41) is 5.49. The number of piperidine rings is 1. The number of nitrogens with two attached hydrogens (primary N) is 1. The summed E-state index contributed by atoms with van der Waals surface area (Å²) >= 11 is 0. The van der Waals surface area contributed by atoms with Gasteiger partial charge >= 0.3 is 6.03 Å². The normalized spacial score (nSPS) is 19.5. The lowest BCUT2D eigenvalue weighted by atomic mass is 10.00. The molecule has 0 saturated carbocycles. The molecule has 2 heterocycles. The number of likely N-dealkylation sites (tertiary alicyclic amines) is 1. The summed E-state index contributed by atoms with van der Waals surface area (Å²) in [6.45, 7) is 2.07. The van der Waals surface area contributed by atoms with E-state index in [2.05, 4.69) is 10.6 Å². The van der Waals surface area contributed by atoms with Gasteiger partial charge in [-0.15, -0.1) is 0 Å². The van der Waals surface area contributed by atoms with Crippen LogP contribution in [0.25, 0.3) is 0 Å². The van der Waals surface area contributed by atoms with Crippen molar-refractivity contribution in [3.8, 4) is 0 Å². The molecule has 2 aliphatic heterocycles. The number of rotatable bonds is 6. The minimum Gasteiger partial charge on any atom is -0.354 e. The second-order valence-electron chi connectivity index (χ2n) is 7.04. The largest absolute Gasteiger partial charge is 0.354 e. The zero-order valence-electron chi connectivity index (χ0n) is 15.7. The van der Waals surface area contributed by atoms with Crippen molar-refractivity contribution in [2.75, 3.05) is 37.6 Å². The summed E-state index contributed by atoms with van der Waals surface area (Å²) in [4.78, 5) is 39.8. The van der Waals surface area contributed by atoms with E-state index in [1.165, 1.54) is 23.1 Å². The van der Waals surface area contributed by atoms with Gasteiger partial charge in [0.2, 0.25) is 5.91 Å². The van der Waals surface area contributed by atoms with Crippen LogP contribution in [0.1, 0.15) is 36.0 Å². The van der Waals surface area contributed by atoms with Crippen molar-refractivity contribution < 1.29 is 18.8 Å². The minimum absolute atomic E-state index is 0.0580. The monoisotopic (exact) mass is 391 g/mol. The summed E-state index contributed by atoms with van der Waals surface area (Å²) in [7, 11) is 0. The average Bonchev–Trinajstić information content (AvgIpc) is 3.12. The van der Waals surface area contributed by atoms with Crippen molar-refractivity contribution in [1.29, 1.82) is 0 Å². The van der Waals surface area contributed by atoms with E-state index in [4.69, 9.17) is 5.73 Å². The van der Waals surface area contributed by atoms with Gasteiger partial charge in [0, 0.05) is 50.9 Å². The number of amides is 4. The standard InChI is InChI=1S/C19H26FN5O3/c20-16-5-4-13(25-10-8-22-19(25)28)11-15(16)18(27)24-9-2-1-3-14(24)12-23-17(26)6-7-21/h4-5,11,14H,1-3,6-10,12,21H2,(H,22,28)(H,23,26). The van der Waals surface area contributed by atoms with E-state index in [0.717, 1.165) is 19.3 Å². The Balaban J connectivity index is 1.76. The van der Waals surface area contributed by atoms with Crippen molar-refractivity contribution >= 4 is 23.5 Å². The second kappa shape index (κ2) is 9.01. The maximum Gasteiger partial charge on any atom is 0.321 e. The fourth-order valence-corrected chi connectivity index (χ4v) is 3.65. The van der Waals surface area contributed by atoms with E-state index in [9.17, 15) is 18.8 Å². The molecule has 0 spiro atoms. The number of benzene rings is 1. The van der Waals surface area contributed by atoms with Crippen LogP contribution in [-0.2, 0) is 4.79 Å². The van der Waals surface area contributed by atoms with E-state index in [1.807, 2.05) is 0 Å². The van der Waals surface area contributed by atoms with Crippen LogP contribution in [-0.4, -0.2) is 61.5 Å². The third kappa shape index (κ3) is 4.41. The highest BCUT2D eigenvalue weighted by atomic mass is 19.1.